The van der Waals surface area contributed by atoms with Gasteiger partial charge in [0.1, 0.15) is 6.10 Å². The Morgan fingerprint density at radius 1 is 1.39 bits per heavy atom. The number of carbonyl (C=O) groups excluding carboxylic acids is 1. The van der Waals surface area contributed by atoms with Crippen molar-refractivity contribution in [2.75, 3.05) is 11.9 Å². The monoisotopic (exact) mass is 363 g/mol. The van der Waals surface area contributed by atoms with E-state index >= 15 is 0 Å². The molecule has 0 unspecified atom stereocenters. The number of ether oxygens (including phenoxy) is 1. The largest absolute Gasteiger partial charge is 0.364 e. The maximum absolute atomic E-state index is 12.1. The predicted octanol–water partition coefficient (Wildman–Crippen LogP) is 0.763. The van der Waals surface area contributed by atoms with Crippen LogP contribution in [-0.2, 0) is 26.0 Å². The van der Waals surface area contributed by atoms with E-state index in [0.717, 1.165) is 6.42 Å². The number of primary sulfonamides is 1. The van der Waals surface area contributed by atoms with E-state index < -0.39 is 16.1 Å². The number of amides is 1. The highest BCUT2D eigenvalue weighted by molar-refractivity contribution is 7.89. The second-order valence-electron chi connectivity index (χ2n) is 5.27. The Kier molecular flexibility index (Phi) is 6.97. The van der Waals surface area contributed by atoms with Gasteiger partial charge in [0.25, 0.3) is 5.91 Å². The SMILES string of the molecule is CCc1ccc(NC(=O)[C@@H]2CC[C@H](CN)O2)cc1S(N)(=O)=O.Cl. The van der Waals surface area contributed by atoms with Gasteiger partial charge in [-0.1, -0.05) is 13.0 Å². The van der Waals surface area contributed by atoms with Crippen LogP contribution in [0.4, 0.5) is 5.69 Å². The molecule has 0 radical (unpaired) electrons. The van der Waals surface area contributed by atoms with Crippen molar-refractivity contribution in [1.82, 2.24) is 0 Å². The highest BCUT2D eigenvalue weighted by Gasteiger charge is 2.30. The molecule has 0 aromatic heterocycles. The van der Waals surface area contributed by atoms with Gasteiger partial charge in [0.05, 0.1) is 11.0 Å². The van der Waals surface area contributed by atoms with Crippen LogP contribution in [0.15, 0.2) is 23.1 Å². The number of aryl methyl sites for hydroxylation is 1. The molecule has 1 heterocycles. The summed E-state index contributed by atoms with van der Waals surface area (Å²) in [6.07, 6.45) is 1.22. The Bertz CT molecular complexity index is 666. The fourth-order valence-electron chi connectivity index (χ4n) is 2.48. The van der Waals surface area contributed by atoms with Crippen molar-refractivity contribution in [3.63, 3.8) is 0 Å². The standard InChI is InChI=1S/C14H21N3O4S.ClH/c1-2-9-3-4-10(7-13(9)22(16,19)20)17-14(18)12-6-5-11(8-15)21-12;/h3-4,7,11-12H,2,5-6,8,15H2,1H3,(H,17,18)(H2,16,19,20);1H/t11-,12+;/m1./s1. The lowest BCUT2D eigenvalue weighted by molar-refractivity contribution is -0.126. The predicted molar refractivity (Wildman–Crippen MR) is 90.0 cm³/mol. The van der Waals surface area contributed by atoms with Crippen molar-refractivity contribution in [1.29, 1.82) is 0 Å². The molecule has 1 aromatic rings. The number of hydrogen-bond donors (Lipinski definition) is 3. The number of sulfonamides is 1. The van der Waals surface area contributed by atoms with E-state index in [1.165, 1.54) is 6.07 Å². The summed E-state index contributed by atoms with van der Waals surface area (Å²) in [7, 11) is -3.83. The van der Waals surface area contributed by atoms with E-state index in [2.05, 4.69) is 5.32 Å². The first-order valence-electron chi connectivity index (χ1n) is 7.17. The van der Waals surface area contributed by atoms with Gasteiger partial charge in [-0.25, -0.2) is 13.6 Å². The van der Waals surface area contributed by atoms with Crippen molar-refractivity contribution >= 4 is 34.0 Å². The van der Waals surface area contributed by atoms with Gasteiger partial charge in [-0.15, -0.1) is 12.4 Å². The highest BCUT2D eigenvalue weighted by Crippen LogP contribution is 2.23. The van der Waals surface area contributed by atoms with Crippen LogP contribution in [0.1, 0.15) is 25.3 Å². The van der Waals surface area contributed by atoms with E-state index in [9.17, 15) is 13.2 Å². The molecule has 2 atom stereocenters. The molecular formula is C14H22ClN3O4S. The van der Waals surface area contributed by atoms with Crippen LogP contribution in [0.25, 0.3) is 0 Å². The maximum atomic E-state index is 12.1. The third-order valence-corrected chi connectivity index (χ3v) is 4.68. The number of hydrogen-bond acceptors (Lipinski definition) is 5. The topological polar surface area (TPSA) is 125 Å². The van der Waals surface area contributed by atoms with Crippen LogP contribution in [0.5, 0.6) is 0 Å². The summed E-state index contributed by atoms with van der Waals surface area (Å²) in [5.41, 5.74) is 6.50. The van der Waals surface area contributed by atoms with E-state index in [0.29, 0.717) is 30.6 Å². The van der Waals surface area contributed by atoms with Gasteiger partial charge >= 0.3 is 0 Å². The Morgan fingerprint density at radius 2 is 2.09 bits per heavy atom. The van der Waals surface area contributed by atoms with Gasteiger partial charge in [-0.3, -0.25) is 4.79 Å². The zero-order valence-corrected chi connectivity index (χ0v) is 14.5. The molecule has 23 heavy (non-hydrogen) atoms. The van der Waals surface area contributed by atoms with Crippen LogP contribution >= 0.6 is 12.4 Å². The highest BCUT2D eigenvalue weighted by atomic mass is 35.5. The summed E-state index contributed by atoms with van der Waals surface area (Å²) in [5.74, 6) is -0.305. The van der Waals surface area contributed by atoms with E-state index in [1.54, 1.807) is 12.1 Å². The van der Waals surface area contributed by atoms with Crippen LogP contribution in [0.3, 0.4) is 0 Å². The number of nitrogens with two attached hydrogens (primary N) is 2. The van der Waals surface area contributed by atoms with E-state index in [1.807, 2.05) is 6.92 Å². The number of halogens is 1. The summed E-state index contributed by atoms with van der Waals surface area (Å²) < 4.78 is 28.7. The second kappa shape index (κ2) is 8.07. The molecule has 0 aliphatic carbocycles. The summed E-state index contributed by atoms with van der Waals surface area (Å²) in [6, 6.07) is 4.68. The number of rotatable bonds is 5. The summed E-state index contributed by atoms with van der Waals surface area (Å²) in [6.45, 7) is 2.21. The third kappa shape index (κ3) is 4.89. The summed E-state index contributed by atoms with van der Waals surface area (Å²) in [4.78, 5) is 12.2. The minimum Gasteiger partial charge on any atom is -0.364 e. The van der Waals surface area contributed by atoms with Crippen molar-refractivity contribution in [3.8, 4) is 0 Å². The Labute approximate surface area is 142 Å². The third-order valence-electron chi connectivity index (χ3n) is 3.68. The molecule has 5 N–H and O–H groups in total. The lowest BCUT2D eigenvalue weighted by Crippen LogP contribution is -2.30. The smallest absolute Gasteiger partial charge is 0.253 e. The van der Waals surface area contributed by atoms with Crippen molar-refractivity contribution in [3.05, 3.63) is 23.8 Å². The number of nitrogens with one attached hydrogen (secondary N) is 1. The first-order valence-corrected chi connectivity index (χ1v) is 8.72. The molecule has 1 aliphatic rings. The first kappa shape index (κ1) is 19.9. The average molecular weight is 364 g/mol. The van der Waals surface area contributed by atoms with Crippen LogP contribution in [-0.4, -0.2) is 33.1 Å². The molecule has 1 saturated heterocycles. The van der Waals surface area contributed by atoms with Crippen molar-refractivity contribution < 1.29 is 17.9 Å². The molecule has 0 bridgehead atoms. The fraction of sp³-hybridized carbons (Fsp3) is 0.500. The molecule has 0 saturated carbocycles. The van der Waals surface area contributed by atoms with Crippen LogP contribution in [0, 0.1) is 0 Å². The van der Waals surface area contributed by atoms with Gasteiger partial charge in [0.2, 0.25) is 10.0 Å². The van der Waals surface area contributed by atoms with Gasteiger partial charge < -0.3 is 15.8 Å². The number of carbonyl (C=O) groups is 1. The molecule has 2 rings (SSSR count). The van der Waals surface area contributed by atoms with Gasteiger partial charge in [0, 0.05) is 12.2 Å². The number of anilines is 1. The lowest BCUT2D eigenvalue weighted by Gasteiger charge is -2.14. The number of benzene rings is 1. The molecule has 1 aliphatic heterocycles. The molecule has 130 valence electrons. The Balaban J connectivity index is 0.00000264. The molecule has 0 spiro atoms. The van der Waals surface area contributed by atoms with Crippen molar-refractivity contribution in [2.24, 2.45) is 10.9 Å². The molecule has 1 amide bonds. The van der Waals surface area contributed by atoms with Gasteiger partial charge in [-0.2, -0.15) is 0 Å². The molecule has 1 fully saturated rings. The summed E-state index contributed by atoms with van der Waals surface area (Å²) >= 11 is 0. The second-order valence-corrected chi connectivity index (χ2v) is 6.80. The Morgan fingerprint density at radius 3 is 2.61 bits per heavy atom. The normalized spacial score (nSPS) is 20.8. The Hall–Kier alpha value is -1.19. The molecular weight excluding hydrogens is 342 g/mol. The lowest BCUT2D eigenvalue weighted by atomic mass is 10.1. The zero-order valence-electron chi connectivity index (χ0n) is 12.8. The summed E-state index contributed by atoms with van der Waals surface area (Å²) in [5, 5.41) is 7.88. The van der Waals surface area contributed by atoms with E-state index in [-0.39, 0.29) is 29.3 Å². The quantitative estimate of drug-likeness (QED) is 0.712. The van der Waals surface area contributed by atoms with E-state index in [4.69, 9.17) is 15.6 Å². The van der Waals surface area contributed by atoms with Gasteiger partial charge in [0.15, 0.2) is 0 Å². The van der Waals surface area contributed by atoms with Crippen LogP contribution < -0.4 is 16.2 Å². The average Bonchev–Trinajstić information content (AvgIpc) is 2.95. The first-order chi connectivity index (χ1) is 10.3. The molecule has 1 aromatic carbocycles. The van der Waals surface area contributed by atoms with Gasteiger partial charge in [-0.05, 0) is 37.0 Å². The van der Waals surface area contributed by atoms with Crippen LogP contribution in [0.2, 0.25) is 0 Å². The molecule has 7 nitrogen and oxygen atoms in total. The fourth-order valence-corrected chi connectivity index (χ4v) is 3.35. The van der Waals surface area contributed by atoms with Crippen molar-refractivity contribution in [2.45, 2.75) is 43.3 Å². The maximum Gasteiger partial charge on any atom is 0.253 e. The zero-order chi connectivity index (χ0) is 16.3. The molecule has 9 heteroatoms. The minimum atomic E-state index is -3.83. The minimum absolute atomic E-state index is 0.